The van der Waals surface area contributed by atoms with E-state index in [2.05, 4.69) is 29.8 Å². The Kier molecular flexibility index (Phi) is 9.92. The number of thioether (sulfide) groups is 1. The second kappa shape index (κ2) is 12.7. The van der Waals surface area contributed by atoms with E-state index in [1.807, 2.05) is 13.0 Å². The third-order valence-corrected chi connectivity index (χ3v) is 7.79. The predicted octanol–water partition coefficient (Wildman–Crippen LogP) is 3.21. The van der Waals surface area contributed by atoms with E-state index < -0.39 is 0 Å². The van der Waals surface area contributed by atoms with Crippen LogP contribution in [-0.4, -0.2) is 77.6 Å². The van der Waals surface area contributed by atoms with Gasteiger partial charge in [-0.25, -0.2) is 0 Å². The lowest BCUT2D eigenvalue weighted by molar-refractivity contribution is -0.122. The van der Waals surface area contributed by atoms with Gasteiger partial charge in [0.05, 0.1) is 4.91 Å². The molecular weight excluding hydrogens is 482 g/mol. The fourth-order valence-electron chi connectivity index (χ4n) is 4.32. The van der Waals surface area contributed by atoms with Gasteiger partial charge in [-0.05, 0) is 45.4 Å². The number of nitriles is 1. The van der Waals surface area contributed by atoms with Crippen molar-refractivity contribution in [2.45, 2.75) is 46.6 Å². The molecule has 0 aromatic carbocycles. The maximum atomic E-state index is 13.4. The Bertz CT molecular complexity index is 1080. The van der Waals surface area contributed by atoms with Crippen molar-refractivity contribution in [3.8, 4) is 6.07 Å². The summed E-state index contributed by atoms with van der Waals surface area (Å²) in [7, 11) is 2.09. The Morgan fingerprint density at radius 3 is 2.49 bits per heavy atom. The molecule has 35 heavy (non-hydrogen) atoms. The highest BCUT2D eigenvalue weighted by Crippen LogP contribution is 2.36. The quantitative estimate of drug-likeness (QED) is 0.266. The van der Waals surface area contributed by atoms with Gasteiger partial charge in [0.1, 0.15) is 21.8 Å². The molecule has 2 fully saturated rings. The average molecular weight is 518 g/mol. The molecule has 2 aliphatic heterocycles. The van der Waals surface area contributed by atoms with Crippen LogP contribution in [0, 0.1) is 18.3 Å². The lowest BCUT2D eigenvalue weighted by atomic mass is 10.0. The molecule has 0 aliphatic carbocycles. The van der Waals surface area contributed by atoms with Gasteiger partial charge in [-0.2, -0.15) is 5.26 Å². The Hall–Kier alpha value is -2.19. The number of likely N-dealkylation sites (N-methyl/N-ethyl adjacent to an activating group) is 1. The summed E-state index contributed by atoms with van der Waals surface area (Å²) < 4.78 is 7.67. The van der Waals surface area contributed by atoms with Crippen LogP contribution in [0.1, 0.15) is 49.8 Å². The number of rotatable bonds is 10. The molecule has 0 N–H and O–H groups in total. The number of carbonyl (C=O) groups excluding carboxylic acids is 1. The van der Waals surface area contributed by atoms with E-state index in [1.165, 1.54) is 11.8 Å². The van der Waals surface area contributed by atoms with Crippen LogP contribution in [0.2, 0.25) is 0 Å². The maximum absolute atomic E-state index is 13.4. The maximum Gasteiger partial charge on any atom is 0.270 e. The molecule has 0 bridgehead atoms. The van der Waals surface area contributed by atoms with Crippen LogP contribution >= 0.6 is 24.0 Å². The monoisotopic (exact) mass is 517 g/mol. The van der Waals surface area contributed by atoms with Crippen molar-refractivity contribution in [3.05, 3.63) is 31.9 Å². The van der Waals surface area contributed by atoms with E-state index in [-0.39, 0.29) is 17.0 Å². The van der Waals surface area contributed by atoms with Gasteiger partial charge in [0, 0.05) is 58.0 Å². The smallest absolute Gasteiger partial charge is 0.270 e. The minimum absolute atomic E-state index is 0.134. The Morgan fingerprint density at radius 1 is 1.14 bits per heavy atom. The highest BCUT2D eigenvalue weighted by Gasteiger charge is 2.33. The van der Waals surface area contributed by atoms with Gasteiger partial charge in [0.2, 0.25) is 0 Å². The van der Waals surface area contributed by atoms with Crippen LogP contribution in [0.3, 0.4) is 0 Å². The highest BCUT2D eigenvalue weighted by atomic mass is 32.2. The van der Waals surface area contributed by atoms with Gasteiger partial charge in [0.15, 0.2) is 0 Å². The molecule has 0 spiro atoms. The molecule has 0 atom stereocenters. The number of aromatic nitrogens is 1. The van der Waals surface area contributed by atoms with Gasteiger partial charge in [-0.15, -0.1) is 0 Å². The third-order valence-electron chi connectivity index (χ3n) is 6.41. The summed E-state index contributed by atoms with van der Waals surface area (Å²) in [6.07, 6.45) is 4.31. The molecule has 3 heterocycles. The minimum Gasteiger partial charge on any atom is -0.382 e. The second-order valence-corrected chi connectivity index (χ2v) is 10.5. The second-order valence-electron chi connectivity index (χ2n) is 8.83. The minimum atomic E-state index is -0.256. The first-order valence-electron chi connectivity index (χ1n) is 12.3. The number of hydrogen-bond acceptors (Lipinski definition) is 8. The molecule has 2 aliphatic rings. The normalized spacial score (nSPS) is 18.1. The van der Waals surface area contributed by atoms with Crippen LogP contribution in [0.5, 0.6) is 0 Å². The zero-order valence-corrected chi connectivity index (χ0v) is 22.8. The van der Waals surface area contributed by atoms with Crippen molar-refractivity contribution in [1.82, 2.24) is 14.4 Å². The van der Waals surface area contributed by atoms with E-state index >= 15 is 0 Å². The number of amides is 1. The molecule has 0 saturated carbocycles. The number of unbranched alkanes of at least 4 members (excludes halogenated alkanes) is 1. The number of carbonyl (C=O) groups is 1. The van der Waals surface area contributed by atoms with Crippen molar-refractivity contribution in [2.24, 2.45) is 0 Å². The summed E-state index contributed by atoms with van der Waals surface area (Å²) in [6.45, 7) is 11.4. The Labute approximate surface area is 217 Å². The van der Waals surface area contributed by atoms with E-state index in [4.69, 9.17) is 17.0 Å². The van der Waals surface area contributed by atoms with Crippen LogP contribution in [0.25, 0.3) is 6.08 Å². The van der Waals surface area contributed by atoms with Crippen molar-refractivity contribution < 1.29 is 9.53 Å². The number of anilines is 1. The lowest BCUT2D eigenvalue weighted by Crippen LogP contribution is -2.47. The number of pyridine rings is 1. The molecule has 2 saturated heterocycles. The number of nitrogens with zero attached hydrogens (tertiary/aromatic N) is 5. The average Bonchev–Trinajstić information content (AvgIpc) is 3.11. The molecule has 1 aromatic rings. The topological polar surface area (TPSA) is 81.8 Å². The third kappa shape index (κ3) is 6.15. The zero-order chi connectivity index (χ0) is 25.5. The highest BCUT2D eigenvalue weighted by molar-refractivity contribution is 8.26. The van der Waals surface area contributed by atoms with Crippen LogP contribution < -0.4 is 10.5 Å². The van der Waals surface area contributed by atoms with Crippen LogP contribution in [-0.2, 0) is 16.1 Å². The molecule has 8 nitrogen and oxygen atoms in total. The van der Waals surface area contributed by atoms with Gasteiger partial charge >= 0.3 is 0 Å². The van der Waals surface area contributed by atoms with E-state index in [9.17, 15) is 14.9 Å². The molecule has 1 aromatic heterocycles. The van der Waals surface area contributed by atoms with Crippen molar-refractivity contribution >= 4 is 46.1 Å². The van der Waals surface area contributed by atoms with Crippen molar-refractivity contribution in [3.63, 3.8) is 0 Å². The van der Waals surface area contributed by atoms with Crippen molar-refractivity contribution in [1.29, 1.82) is 5.26 Å². The summed E-state index contributed by atoms with van der Waals surface area (Å²) in [6, 6.07) is 2.12. The molecule has 0 unspecified atom stereocenters. The van der Waals surface area contributed by atoms with Crippen LogP contribution in [0.4, 0.5) is 5.82 Å². The van der Waals surface area contributed by atoms with Crippen molar-refractivity contribution in [2.75, 3.05) is 57.9 Å². The van der Waals surface area contributed by atoms with Gasteiger partial charge < -0.3 is 14.5 Å². The number of hydrogen-bond donors (Lipinski definition) is 0. The first-order valence-corrected chi connectivity index (χ1v) is 13.5. The van der Waals surface area contributed by atoms with Gasteiger partial charge in [-0.1, -0.05) is 37.3 Å². The van der Waals surface area contributed by atoms with Gasteiger partial charge in [-0.3, -0.25) is 19.1 Å². The standard InChI is InChI=1S/C25H35N5O3S2/c1-5-7-9-29-22(28-13-11-27(4)12-14-28)19(18(3)20(17-26)23(29)31)16-21-24(32)30(25(34)35-21)10-8-15-33-6-2/h16H,5-15H2,1-4H3/b21-16-. The first-order chi connectivity index (χ1) is 16.8. The predicted molar refractivity (Wildman–Crippen MR) is 146 cm³/mol. The summed E-state index contributed by atoms with van der Waals surface area (Å²) in [5.74, 6) is 0.666. The molecule has 10 heteroatoms. The fraction of sp³-hybridized carbons (Fsp3) is 0.600. The summed E-state index contributed by atoms with van der Waals surface area (Å²) in [4.78, 5) is 33.2. The molecule has 0 radical (unpaired) electrons. The van der Waals surface area contributed by atoms with E-state index in [0.717, 1.165) is 50.4 Å². The zero-order valence-electron chi connectivity index (χ0n) is 21.1. The fourth-order valence-corrected chi connectivity index (χ4v) is 5.61. The molecule has 3 rings (SSSR count). The SMILES string of the molecule is CCCCn1c(N2CCN(C)CC2)c(/C=C2\SC(=S)N(CCCOCC)C2=O)c(C)c(C#N)c1=O. The number of piperazine rings is 1. The van der Waals surface area contributed by atoms with E-state index in [1.54, 1.807) is 16.4 Å². The van der Waals surface area contributed by atoms with Crippen LogP contribution in [0.15, 0.2) is 9.70 Å². The Morgan fingerprint density at radius 2 is 1.86 bits per heavy atom. The largest absolute Gasteiger partial charge is 0.382 e. The summed E-state index contributed by atoms with van der Waals surface area (Å²) >= 11 is 6.79. The molecule has 190 valence electrons. The first kappa shape index (κ1) is 27.4. The summed E-state index contributed by atoms with van der Waals surface area (Å²) in [5, 5.41) is 9.83. The molecule has 1 amide bonds. The van der Waals surface area contributed by atoms with E-state index in [0.29, 0.717) is 47.5 Å². The Balaban J connectivity index is 2.08. The lowest BCUT2D eigenvalue weighted by Gasteiger charge is -2.36. The number of ether oxygens (including phenoxy) is 1. The molecular formula is C25H35N5O3S2. The summed E-state index contributed by atoms with van der Waals surface area (Å²) in [5.41, 5.74) is 1.25. The number of thiocarbonyl (C=S) groups is 1. The van der Waals surface area contributed by atoms with Gasteiger partial charge in [0.25, 0.3) is 11.5 Å².